The van der Waals surface area contributed by atoms with Crippen molar-refractivity contribution in [2.24, 2.45) is 0 Å². The fraction of sp³-hybridized carbons (Fsp3) is 0.636. The molecule has 1 heterocycles. The van der Waals surface area contributed by atoms with E-state index in [9.17, 15) is 4.79 Å². The van der Waals surface area contributed by atoms with Gasteiger partial charge < -0.3 is 5.11 Å². The van der Waals surface area contributed by atoms with Crippen LogP contribution in [0.2, 0.25) is 0 Å². The lowest BCUT2D eigenvalue weighted by Crippen LogP contribution is -2.27. The van der Waals surface area contributed by atoms with Gasteiger partial charge in [-0.1, -0.05) is 0 Å². The third kappa shape index (κ3) is 3.28. The molecule has 0 spiro atoms. The standard InChI is InChI=1S/C11H16N2O2S/c1-8-12-6-10(16-8)7-13(9-2-3-9)5-4-11(14)15/h6,9H,2-5,7H2,1H3,(H,14,15). The van der Waals surface area contributed by atoms with Crippen molar-refractivity contribution >= 4 is 17.3 Å². The van der Waals surface area contributed by atoms with Crippen LogP contribution in [0.3, 0.4) is 0 Å². The van der Waals surface area contributed by atoms with Crippen LogP contribution in [0, 0.1) is 6.92 Å². The highest BCUT2D eigenvalue weighted by atomic mass is 32.1. The number of thiazole rings is 1. The first-order valence-electron chi connectivity index (χ1n) is 5.52. The summed E-state index contributed by atoms with van der Waals surface area (Å²) in [5.74, 6) is -0.717. The fourth-order valence-corrected chi connectivity index (χ4v) is 2.57. The van der Waals surface area contributed by atoms with E-state index in [0.717, 1.165) is 11.6 Å². The molecule has 0 unspecified atom stereocenters. The molecule has 1 fully saturated rings. The van der Waals surface area contributed by atoms with Crippen molar-refractivity contribution in [2.75, 3.05) is 6.54 Å². The van der Waals surface area contributed by atoms with Gasteiger partial charge in [0.25, 0.3) is 0 Å². The molecule has 16 heavy (non-hydrogen) atoms. The minimum absolute atomic E-state index is 0.230. The van der Waals surface area contributed by atoms with Crippen molar-refractivity contribution in [1.29, 1.82) is 0 Å². The third-order valence-corrected chi connectivity index (χ3v) is 3.60. The van der Waals surface area contributed by atoms with E-state index < -0.39 is 5.97 Å². The molecule has 0 amide bonds. The topological polar surface area (TPSA) is 53.4 Å². The molecular weight excluding hydrogens is 224 g/mol. The Morgan fingerprint density at radius 3 is 2.94 bits per heavy atom. The van der Waals surface area contributed by atoms with Crippen LogP contribution in [0.25, 0.3) is 0 Å². The van der Waals surface area contributed by atoms with Crippen LogP contribution in [-0.2, 0) is 11.3 Å². The number of carboxylic acids is 1. The predicted octanol–water partition coefficient (Wildman–Crippen LogP) is 1.89. The van der Waals surface area contributed by atoms with Gasteiger partial charge in [-0.2, -0.15) is 0 Å². The molecule has 0 atom stereocenters. The highest BCUT2D eigenvalue weighted by Crippen LogP contribution is 2.29. The first kappa shape index (κ1) is 11.5. The Morgan fingerprint density at radius 1 is 1.69 bits per heavy atom. The zero-order chi connectivity index (χ0) is 11.5. The lowest BCUT2D eigenvalue weighted by molar-refractivity contribution is -0.137. The molecule has 88 valence electrons. The van der Waals surface area contributed by atoms with E-state index in [1.807, 2.05) is 13.1 Å². The molecule has 5 heteroatoms. The Morgan fingerprint density at radius 2 is 2.44 bits per heavy atom. The van der Waals surface area contributed by atoms with Crippen molar-refractivity contribution in [1.82, 2.24) is 9.88 Å². The number of aromatic nitrogens is 1. The molecule has 2 rings (SSSR count). The van der Waals surface area contributed by atoms with Gasteiger partial charge in [-0.3, -0.25) is 9.69 Å². The maximum Gasteiger partial charge on any atom is 0.304 e. The van der Waals surface area contributed by atoms with Crippen molar-refractivity contribution in [3.8, 4) is 0 Å². The number of aliphatic carboxylic acids is 1. The number of aryl methyl sites for hydroxylation is 1. The number of rotatable bonds is 6. The lowest BCUT2D eigenvalue weighted by atomic mass is 10.3. The van der Waals surface area contributed by atoms with E-state index >= 15 is 0 Å². The number of hydrogen-bond donors (Lipinski definition) is 1. The number of hydrogen-bond acceptors (Lipinski definition) is 4. The van der Waals surface area contributed by atoms with Crippen molar-refractivity contribution in [2.45, 2.75) is 38.8 Å². The zero-order valence-corrected chi connectivity index (χ0v) is 10.2. The van der Waals surface area contributed by atoms with Crippen LogP contribution in [0.15, 0.2) is 6.20 Å². The number of nitrogens with zero attached hydrogens (tertiary/aromatic N) is 2. The Kier molecular flexibility index (Phi) is 3.56. The maximum absolute atomic E-state index is 10.6. The molecule has 1 aliphatic carbocycles. The minimum atomic E-state index is -0.717. The van der Waals surface area contributed by atoms with Crippen LogP contribution < -0.4 is 0 Å². The van der Waals surface area contributed by atoms with Crippen LogP contribution in [0.4, 0.5) is 0 Å². The Labute approximate surface area is 98.9 Å². The average molecular weight is 240 g/mol. The van der Waals surface area contributed by atoms with Crippen molar-refractivity contribution in [3.63, 3.8) is 0 Å². The lowest BCUT2D eigenvalue weighted by Gasteiger charge is -2.19. The molecule has 0 aliphatic heterocycles. The van der Waals surface area contributed by atoms with Crippen molar-refractivity contribution in [3.05, 3.63) is 16.1 Å². The van der Waals surface area contributed by atoms with E-state index in [4.69, 9.17) is 5.11 Å². The summed E-state index contributed by atoms with van der Waals surface area (Å²) in [6.07, 6.45) is 4.54. The molecule has 1 saturated carbocycles. The first-order valence-corrected chi connectivity index (χ1v) is 6.34. The van der Waals surface area contributed by atoms with E-state index in [1.54, 1.807) is 11.3 Å². The summed E-state index contributed by atoms with van der Waals surface area (Å²) >= 11 is 1.70. The maximum atomic E-state index is 10.6. The molecule has 0 bridgehead atoms. The summed E-state index contributed by atoms with van der Waals surface area (Å²) in [6, 6.07) is 0.599. The highest BCUT2D eigenvalue weighted by molar-refractivity contribution is 7.11. The second kappa shape index (κ2) is 4.93. The fourth-order valence-electron chi connectivity index (χ4n) is 1.75. The van der Waals surface area contributed by atoms with Gasteiger partial charge in [0.15, 0.2) is 0 Å². The molecule has 0 aromatic carbocycles. The van der Waals surface area contributed by atoms with Gasteiger partial charge in [-0.15, -0.1) is 11.3 Å². The summed E-state index contributed by atoms with van der Waals surface area (Å²) in [4.78, 5) is 18.3. The molecule has 0 radical (unpaired) electrons. The molecule has 1 aromatic rings. The normalized spacial score (nSPS) is 15.6. The molecule has 1 aliphatic rings. The first-order chi connectivity index (χ1) is 7.65. The van der Waals surface area contributed by atoms with Crippen LogP contribution in [0.5, 0.6) is 0 Å². The van der Waals surface area contributed by atoms with Crippen molar-refractivity contribution < 1.29 is 9.90 Å². The summed E-state index contributed by atoms with van der Waals surface area (Å²) < 4.78 is 0. The van der Waals surface area contributed by atoms with Crippen LogP contribution in [-0.4, -0.2) is 33.5 Å². The third-order valence-electron chi connectivity index (χ3n) is 2.70. The van der Waals surface area contributed by atoms with Crippen LogP contribution in [0.1, 0.15) is 29.1 Å². The number of carbonyl (C=O) groups is 1. The molecule has 0 saturated heterocycles. The van der Waals surface area contributed by atoms with Gasteiger partial charge in [0, 0.05) is 30.2 Å². The second-order valence-corrected chi connectivity index (χ2v) is 5.51. The Bertz CT molecular complexity index is 374. The molecule has 1 N–H and O–H groups in total. The Balaban J connectivity index is 1.89. The van der Waals surface area contributed by atoms with E-state index in [1.165, 1.54) is 17.7 Å². The van der Waals surface area contributed by atoms with Crippen LogP contribution >= 0.6 is 11.3 Å². The summed E-state index contributed by atoms with van der Waals surface area (Å²) in [7, 11) is 0. The van der Waals surface area contributed by atoms with Gasteiger partial charge in [-0.05, 0) is 19.8 Å². The molecule has 4 nitrogen and oxygen atoms in total. The van der Waals surface area contributed by atoms with E-state index in [-0.39, 0.29) is 6.42 Å². The summed E-state index contributed by atoms with van der Waals surface area (Å²) in [5, 5.41) is 9.77. The van der Waals surface area contributed by atoms with Gasteiger partial charge in [0.05, 0.1) is 11.4 Å². The second-order valence-electron chi connectivity index (χ2n) is 4.19. The van der Waals surface area contributed by atoms with Gasteiger partial charge >= 0.3 is 5.97 Å². The summed E-state index contributed by atoms with van der Waals surface area (Å²) in [6.45, 7) is 3.49. The highest BCUT2D eigenvalue weighted by Gasteiger charge is 2.29. The van der Waals surface area contributed by atoms with E-state index in [2.05, 4.69) is 9.88 Å². The SMILES string of the molecule is Cc1ncc(CN(CCC(=O)O)C2CC2)s1. The number of carboxylic acid groups (broad SMARTS) is 1. The monoisotopic (exact) mass is 240 g/mol. The zero-order valence-electron chi connectivity index (χ0n) is 9.35. The molecule has 1 aromatic heterocycles. The van der Waals surface area contributed by atoms with Gasteiger partial charge in [-0.25, -0.2) is 4.98 Å². The minimum Gasteiger partial charge on any atom is -0.481 e. The smallest absolute Gasteiger partial charge is 0.304 e. The summed E-state index contributed by atoms with van der Waals surface area (Å²) in [5.41, 5.74) is 0. The van der Waals surface area contributed by atoms with E-state index in [0.29, 0.717) is 12.6 Å². The predicted molar refractivity (Wildman–Crippen MR) is 62.5 cm³/mol. The molecular formula is C11H16N2O2S. The van der Waals surface area contributed by atoms with Gasteiger partial charge in [0.1, 0.15) is 0 Å². The quantitative estimate of drug-likeness (QED) is 0.825. The average Bonchev–Trinajstić information content (AvgIpc) is 2.98. The van der Waals surface area contributed by atoms with Gasteiger partial charge in [0.2, 0.25) is 0 Å². The Hall–Kier alpha value is -0.940. The largest absolute Gasteiger partial charge is 0.481 e.